The highest BCUT2D eigenvalue weighted by molar-refractivity contribution is 4.78. The average Bonchev–Trinajstić information content (AvgIpc) is 2.22. The third-order valence-corrected chi connectivity index (χ3v) is 3.21. The Morgan fingerprint density at radius 1 is 1.33 bits per heavy atom. The van der Waals surface area contributed by atoms with E-state index in [-0.39, 0.29) is 6.10 Å². The minimum Gasteiger partial charge on any atom is -0.371 e. The molecule has 4 heteroatoms. The summed E-state index contributed by atoms with van der Waals surface area (Å²) in [7, 11) is 0. The number of hydrogen-bond acceptors (Lipinski definition) is 3. The first-order chi connectivity index (χ1) is 7.24. The Kier molecular flexibility index (Phi) is 3.94. The maximum absolute atomic E-state index is 12.9. The van der Waals surface area contributed by atoms with Gasteiger partial charge < -0.3 is 15.0 Å². The predicted molar refractivity (Wildman–Crippen MR) is 57.8 cm³/mol. The molecule has 88 valence electrons. The van der Waals surface area contributed by atoms with Crippen molar-refractivity contribution >= 4 is 0 Å². The van der Waals surface area contributed by atoms with Crippen molar-refractivity contribution in [1.29, 1.82) is 0 Å². The van der Waals surface area contributed by atoms with Crippen molar-refractivity contribution in [2.24, 2.45) is 0 Å². The van der Waals surface area contributed by atoms with E-state index in [1.807, 2.05) is 0 Å². The first-order valence-electron chi connectivity index (χ1n) is 5.96. The lowest BCUT2D eigenvalue weighted by Gasteiger charge is -2.35. The summed E-state index contributed by atoms with van der Waals surface area (Å²) in [6.45, 7) is 6.69. The van der Waals surface area contributed by atoms with Gasteiger partial charge in [0.1, 0.15) is 6.17 Å². The molecule has 0 bridgehead atoms. The Bertz CT molecular complexity index is 195. The van der Waals surface area contributed by atoms with Crippen LogP contribution in [0.25, 0.3) is 0 Å². The fourth-order valence-corrected chi connectivity index (χ4v) is 2.35. The zero-order chi connectivity index (χ0) is 10.7. The number of nitrogens with one attached hydrogen (secondary N) is 1. The molecule has 2 saturated heterocycles. The van der Waals surface area contributed by atoms with Crippen LogP contribution in [0.2, 0.25) is 0 Å². The largest absolute Gasteiger partial charge is 0.371 e. The van der Waals surface area contributed by atoms with Gasteiger partial charge in [-0.2, -0.15) is 0 Å². The molecule has 2 aliphatic heterocycles. The summed E-state index contributed by atoms with van der Waals surface area (Å²) in [4.78, 5) is 2.32. The minimum absolute atomic E-state index is 0.282. The Labute approximate surface area is 91.0 Å². The molecular formula is C11H21FN2O. The second-order valence-corrected chi connectivity index (χ2v) is 4.70. The molecule has 0 saturated carbocycles. The topological polar surface area (TPSA) is 24.5 Å². The fourth-order valence-electron chi connectivity index (χ4n) is 2.35. The SMILES string of the molecule is C[C@@H]1CNC[C@@H](CN2CCC(F)CC2)O1. The number of hydrogen-bond donors (Lipinski definition) is 1. The van der Waals surface area contributed by atoms with E-state index in [1.54, 1.807) is 0 Å². The van der Waals surface area contributed by atoms with Crippen LogP contribution in [0.1, 0.15) is 19.8 Å². The molecular weight excluding hydrogens is 195 g/mol. The molecule has 2 aliphatic rings. The molecule has 0 aromatic carbocycles. The van der Waals surface area contributed by atoms with Gasteiger partial charge in [0.25, 0.3) is 0 Å². The second kappa shape index (κ2) is 5.23. The molecule has 2 rings (SSSR count). The standard InChI is InChI=1S/C11H21FN2O/c1-9-6-13-7-11(15-9)8-14-4-2-10(12)3-5-14/h9-11,13H,2-8H2,1H3/t9-,11+/m1/s1. The number of likely N-dealkylation sites (tertiary alicyclic amines) is 1. The summed E-state index contributed by atoms with van der Waals surface area (Å²) >= 11 is 0. The van der Waals surface area contributed by atoms with Gasteiger partial charge in [-0.1, -0.05) is 0 Å². The lowest BCUT2D eigenvalue weighted by Crippen LogP contribution is -2.49. The molecule has 2 fully saturated rings. The van der Waals surface area contributed by atoms with Crippen LogP contribution in [0.4, 0.5) is 4.39 Å². The number of nitrogens with zero attached hydrogens (tertiary/aromatic N) is 1. The highest BCUT2D eigenvalue weighted by Gasteiger charge is 2.24. The third kappa shape index (κ3) is 3.40. The van der Waals surface area contributed by atoms with E-state index in [0.717, 1.165) is 32.7 Å². The second-order valence-electron chi connectivity index (χ2n) is 4.70. The van der Waals surface area contributed by atoms with Crippen molar-refractivity contribution in [2.45, 2.75) is 38.1 Å². The Hall–Kier alpha value is -0.190. The van der Waals surface area contributed by atoms with E-state index >= 15 is 0 Å². The molecule has 0 aromatic heterocycles. The Balaban J connectivity index is 1.71. The van der Waals surface area contributed by atoms with E-state index in [4.69, 9.17) is 4.74 Å². The Morgan fingerprint density at radius 3 is 2.73 bits per heavy atom. The van der Waals surface area contributed by atoms with Crippen LogP contribution >= 0.6 is 0 Å². The first kappa shape index (κ1) is 11.3. The number of ether oxygens (including phenoxy) is 1. The lowest BCUT2D eigenvalue weighted by atomic mass is 10.1. The molecule has 3 nitrogen and oxygen atoms in total. The lowest BCUT2D eigenvalue weighted by molar-refractivity contribution is -0.0464. The van der Waals surface area contributed by atoms with Crippen molar-refractivity contribution < 1.29 is 9.13 Å². The van der Waals surface area contributed by atoms with Crippen LogP contribution in [-0.2, 0) is 4.74 Å². The molecule has 0 aliphatic carbocycles. The molecule has 0 unspecified atom stereocenters. The van der Waals surface area contributed by atoms with E-state index in [1.165, 1.54) is 0 Å². The highest BCUT2D eigenvalue weighted by atomic mass is 19.1. The molecule has 1 N–H and O–H groups in total. The van der Waals surface area contributed by atoms with Crippen LogP contribution in [-0.4, -0.2) is 56.0 Å². The van der Waals surface area contributed by atoms with Crippen LogP contribution in [0.15, 0.2) is 0 Å². The number of piperidine rings is 1. The van der Waals surface area contributed by atoms with Crippen LogP contribution < -0.4 is 5.32 Å². The summed E-state index contributed by atoms with van der Waals surface area (Å²) < 4.78 is 18.7. The fraction of sp³-hybridized carbons (Fsp3) is 1.00. The van der Waals surface area contributed by atoms with Gasteiger partial charge in [-0.05, 0) is 19.8 Å². The summed E-state index contributed by atoms with van der Waals surface area (Å²) in [5.41, 5.74) is 0. The Morgan fingerprint density at radius 2 is 2.07 bits per heavy atom. The smallest absolute Gasteiger partial charge is 0.103 e. The summed E-state index contributed by atoms with van der Waals surface area (Å²) in [5, 5.41) is 3.36. The van der Waals surface area contributed by atoms with Gasteiger partial charge in [0.05, 0.1) is 12.2 Å². The first-order valence-corrected chi connectivity index (χ1v) is 5.96. The normalized spacial score (nSPS) is 35.6. The third-order valence-electron chi connectivity index (χ3n) is 3.21. The maximum Gasteiger partial charge on any atom is 0.103 e. The van der Waals surface area contributed by atoms with Crippen molar-refractivity contribution in [2.75, 3.05) is 32.7 Å². The number of morpholine rings is 1. The molecule has 2 heterocycles. The zero-order valence-corrected chi connectivity index (χ0v) is 9.42. The van der Waals surface area contributed by atoms with Crippen molar-refractivity contribution in [3.8, 4) is 0 Å². The summed E-state index contributed by atoms with van der Waals surface area (Å²) in [6.07, 6.45) is 1.39. The molecule has 15 heavy (non-hydrogen) atoms. The van der Waals surface area contributed by atoms with Gasteiger partial charge in [0.2, 0.25) is 0 Å². The van der Waals surface area contributed by atoms with Gasteiger partial charge >= 0.3 is 0 Å². The molecule has 0 radical (unpaired) electrons. The van der Waals surface area contributed by atoms with E-state index in [9.17, 15) is 4.39 Å². The van der Waals surface area contributed by atoms with Crippen molar-refractivity contribution in [3.05, 3.63) is 0 Å². The highest BCUT2D eigenvalue weighted by Crippen LogP contribution is 2.14. The van der Waals surface area contributed by atoms with Crippen LogP contribution in [0, 0.1) is 0 Å². The van der Waals surface area contributed by atoms with E-state index < -0.39 is 6.17 Å². The van der Waals surface area contributed by atoms with Gasteiger partial charge in [-0.25, -0.2) is 4.39 Å². The number of alkyl halides is 1. The van der Waals surface area contributed by atoms with Gasteiger partial charge in [0, 0.05) is 32.7 Å². The van der Waals surface area contributed by atoms with E-state index in [0.29, 0.717) is 18.9 Å². The molecule has 0 spiro atoms. The van der Waals surface area contributed by atoms with E-state index in [2.05, 4.69) is 17.1 Å². The zero-order valence-electron chi connectivity index (χ0n) is 9.42. The minimum atomic E-state index is -0.578. The van der Waals surface area contributed by atoms with Crippen molar-refractivity contribution in [3.63, 3.8) is 0 Å². The van der Waals surface area contributed by atoms with Crippen molar-refractivity contribution in [1.82, 2.24) is 10.2 Å². The maximum atomic E-state index is 12.9. The van der Waals surface area contributed by atoms with Gasteiger partial charge in [-0.15, -0.1) is 0 Å². The summed E-state index contributed by atoms with van der Waals surface area (Å²) in [6, 6.07) is 0. The monoisotopic (exact) mass is 216 g/mol. The van der Waals surface area contributed by atoms with Gasteiger partial charge in [-0.3, -0.25) is 0 Å². The summed E-state index contributed by atoms with van der Waals surface area (Å²) in [5.74, 6) is 0. The average molecular weight is 216 g/mol. The van der Waals surface area contributed by atoms with Crippen LogP contribution in [0.5, 0.6) is 0 Å². The molecule has 0 amide bonds. The van der Waals surface area contributed by atoms with Gasteiger partial charge in [0.15, 0.2) is 0 Å². The van der Waals surface area contributed by atoms with Crippen LogP contribution in [0.3, 0.4) is 0 Å². The predicted octanol–water partition coefficient (Wildman–Crippen LogP) is 0.797. The molecule has 2 atom stereocenters. The molecule has 0 aromatic rings. The number of halogens is 1. The quantitative estimate of drug-likeness (QED) is 0.739. The number of rotatable bonds is 2.